The molecule has 2 nitrogen and oxygen atoms in total. The van der Waals surface area contributed by atoms with Crippen LogP contribution in [0.1, 0.15) is 33.3 Å². The van der Waals surface area contributed by atoms with E-state index in [2.05, 4.69) is 11.8 Å². The van der Waals surface area contributed by atoms with Crippen LogP contribution >= 0.6 is 0 Å². The molecule has 0 aliphatic rings. The van der Waals surface area contributed by atoms with Gasteiger partial charge in [-0.1, -0.05) is 24.1 Å². The first-order chi connectivity index (χ1) is 8.45. The number of hydrogen-bond acceptors (Lipinski definition) is 1. The van der Waals surface area contributed by atoms with Crippen LogP contribution in [0.4, 0.5) is 0 Å². The molecule has 0 radical (unpaired) electrons. The summed E-state index contributed by atoms with van der Waals surface area (Å²) >= 11 is 0. The molecular weight excluding hydrogens is 222 g/mol. The average Bonchev–Trinajstić information content (AvgIpc) is 2.31. The zero-order valence-corrected chi connectivity index (χ0v) is 11.2. The van der Waals surface area contributed by atoms with Gasteiger partial charge in [-0.25, -0.2) is 0 Å². The summed E-state index contributed by atoms with van der Waals surface area (Å²) in [6.07, 6.45) is 1.86. The van der Waals surface area contributed by atoms with Gasteiger partial charge in [-0.2, -0.15) is 0 Å². The van der Waals surface area contributed by atoms with Gasteiger partial charge in [0.2, 0.25) is 0 Å². The molecule has 1 aromatic heterocycles. The van der Waals surface area contributed by atoms with Crippen LogP contribution in [0.5, 0.6) is 0 Å². The highest BCUT2D eigenvalue weighted by Gasteiger charge is 2.17. The van der Waals surface area contributed by atoms with E-state index in [1.54, 1.807) is 11.5 Å². The molecule has 92 valence electrons. The molecule has 2 rings (SSSR count). The van der Waals surface area contributed by atoms with Crippen LogP contribution in [-0.2, 0) is 5.54 Å². The third-order valence-corrected chi connectivity index (χ3v) is 2.91. The van der Waals surface area contributed by atoms with Crippen molar-refractivity contribution in [1.29, 1.82) is 0 Å². The number of nitrogens with zero attached hydrogens (tertiary/aromatic N) is 1. The highest BCUT2D eigenvalue weighted by molar-refractivity contribution is 5.87. The molecule has 18 heavy (non-hydrogen) atoms. The first kappa shape index (κ1) is 12.4. The van der Waals surface area contributed by atoms with E-state index in [1.165, 1.54) is 0 Å². The fraction of sp³-hybridized carbons (Fsp3) is 0.312. The summed E-state index contributed by atoms with van der Waals surface area (Å²) in [5, 5.41) is 1.66. The first-order valence-corrected chi connectivity index (χ1v) is 6.03. The number of fused-ring (bicyclic) bond motifs is 1. The van der Waals surface area contributed by atoms with E-state index in [0.29, 0.717) is 0 Å². The average molecular weight is 239 g/mol. The zero-order chi connectivity index (χ0) is 13.3. The maximum atomic E-state index is 12.4. The molecule has 0 saturated heterocycles. The van der Waals surface area contributed by atoms with Crippen molar-refractivity contribution in [3.63, 3.8) is 0 Å². The smallest absolute Gasteiger partial charge is 0.258 e. The van der Waals surface area contributed by atoms with E-state index < -0.39 is 0 Å². The van der Waals surface area contributed by atoms with Gasteiger partial charge in [0.1, 0.15) is 0 Å². The van der Waals surface area contributed by atoms with Crippen LogP contribution in [0.2, 0.25) is 0 Å². The summed E-state index contributed by atoms with van der Waals surface area (Å²) in [5.41, 5.74) is 0.702. The Balaban J connectivity index is 2.96. The summed E-state index contributed by atoms with van der Waals surface area (Å²) in [6, 6.07) is 7.63. The Morgan fingerprint density at radius 1 is 1.11 bits per heavy atom. The molecule has 1 aromatic carbocycles. The molecule has 0 aliphatic heterocycles. The lowest BCUT2D eigenvalue weighted by Crippen LogP contribution is -2.33. The molecule has 0 fully saturated rings. The maximum absolute atomic E-state index is 12.4. The van der Waals surface area contributed by atoms with E-state index >= 15 is 0 Å². The van der Waals surface area contributed by atoms with E-state index in [1.807, 2.05) is 51.2 Å². The number of rotatable bonds is 0. The number of hydrogen-bond donors (Lipinski definition) is 0. The van der Waals surface area contributed by atoms with E-state index in [9.17, 15) is 4.79 Å². The lowest BCUT2D eigenvalue weighted by molar-refractivity contribution is 0.386. The van der Waals surface area contributed by atoms with Gasteiger partial charge in [0.25, 0.3) is 5.56 Å². The second-order valence-electron chi connectivity index (χ2n) is 5.31. The Hall–Kier alpha value is -2.01. The van der Waals surface area contributed by atoms with Crippen molar-refractivity contribution in [2.45, 2.75) is 33.2 Å². The predicted octanol–water partition coefficient (Wildman–Crippen LogP) is 3.13. The summed E-state index contributed by atoms with van der Waals surface area (Å²) in [6.45, 7) is 7.87. The van der Waals surface area contributed by atoms with Gasteiger partial charge in [-0.3, -0.25) is 4.79 Å². The number of aromatic nitrogens is 1. The Morgan fingerprint density at radius 3 is 2.28 bits per heavy atom. The Labute approximate surface area is 107 Å². The van der Waals surface area contributed by atoms with Gasteiger partial charge in [0, 0.05) is 28.1 Å². The molecule has 1 heterocycles. The Kier molecular flexibility index (Phi) is 3.00. The van der Waals surface area contributed by atoms with Crippen LogP contribution in [0.3, 0.4) is 0 Å². The molecule has 2 heteroatoms. The first-order valence-electron chi connectivity index (χ1n) is 6.03. The van der Waals surface area contributed by atoms with Gasteiger partial charge in [0.05, 0.1) is 0 Å². The summed E-state index contributed by atoms with van der Waals surface area (Å²) in [4.78, 5) is 12.4. The molecule has 0 N–H and O–H groups in total. The molecule has 0 amide bonds. The van der Waals surface area contributed by atoms with Crippen LogP contribution in [-0.4, -0.2) is 4.57 Å². The minimum Gasteiger partial charge on any atom is -0.308 e. The SMILES string of the molecule is CC#Cc1cn(C(C)(C)C)c(=O)c2ccccc12. The van der Waals surface area contributed by atoms with Crippen molar-refractivity contribution in [3.8, 4) is 11.8 Å². The summed E-state index contributed by atoms with van der Waals surface area (Å²) in [7, 11) is 0. The minimum atomic E-state index is -0.245. The van der Waals surface area contributed by atoms with Crippen molar-refractivity contribution in [1.82, 2.24) is 4.57 Å². The molecule has 0 atom stereocenters. The van der Waals surface area contributed by atoms with Crippen molar-refractivity contribution in [2.24, 2.45) is 0 Å². The van der Waals surface area contributed by atoms with Crippen molar-refractivity contribution in [3.05, 3.63) is 46.4 Å². The highest BCUT2D eigenvalue weighted by atomic mass is 16.1. The quantitative estimate of drug-likeness (QED) is 0.647. The van der Waals surface area contributed by atoms with Crippen LogP contribution in [0.15, 0.2) is 35.3 Å². The van der Waals surface area contributed by atoms with Crippen molar-refractivity contribution < 1.29 is 0 Å². The molecule has 0 saturated carbocycles. The Bertz CT molecular complexity index is 706. The molecule has 0 unspecified atom stereocenters. The second-order valence-corrected chi connectivity index (χ2v) is 5.31. The topological polar surface area (TPSA) is 22.0 Å². The van der Waals surface area contributed by atoms with Crippen LogP contribution in [0, 0.1) is 11.8 Å². The number of pyridine rings is 1. The summed E-state index contributed by atoms with van der Waals surface area (Å²) in [5.74, 6) is 5.99. The van der Waals surface area contributed by atoms with Gasteiger partial charge >= 0.3 is 0 Å². The third kappa shape index (κ3) is 2.04. The van der Waals surface area contributed by atoms with E-state index in [4.69, 9.17) is 0 Å². The largest absolute Gasteiger partial charge is 0.308 e. The normalized spacial score (nSPS) is 11.1. The minimum absolute atomic E-state index is 0.0414. The predicted molar refractivity (Wildman–Crippen MR) is 75.8 cm³/mol. The standard InChI is InChI=1S/C16H17NO/c1-5-8-12-11-17(16(2,3)4)15(18)14-10-7-6-9-13(12)14/h6-7,9-11H,1-4H3. The zero-order valence-electron chi connectivity index (χ0n) is 11.2. The molecular formula is C16H17NO. The lowest BCUT2D eigenvalue weighted by Gasteiger charge is -2.23. The molecule has 0 bridgehead atoms. The highest BCUT2D eigenvalue weighted by Crippen LogP contribution is 2.18. The van der Waals surface area contributed by atoms with Gasteiger partial charge in [-0.15, -0.1) is 5.92 Å². The van der Waals surface area contributed by atoms with E-state index in [0.717, 1.165) is 16.3 Å². The summed E-state index contributed by atoms with van der Waals surface area (Å²) < 4.78 is 1.76. The van der Waals surface area contributed by atoms with E-state index in [-0.39, 0.29) is 11.1 Å². The van der Waals surface area contributed by atoms with Gasteiger partial charge in [-0.05, 0) is 33.8 Å². The molecule has 0 spiro atoms. The molecule has 2 aromatic rings. The number of benzene rings is 1. The Morgan fingerprint density at radius 2 is 1.72 bits per heavy atom. The second kappa shape index (κ2) is 4.34. The van der Waals surface area contributed by atoms with Crippen molar-refractivity contribution in [2.75, 3.05) is 0 Å². The van der Waals surface area contributed by atoms with Crippen LogP contribution in [0.25, 0.3) is 10.8 Å². The van der Waals surface area contributed by atoms with Gasteiger partial charge in [0.15, 0.2) is 0 Å². The van der Waals surface area contributed by atoms with Gasteiger partial charge < -0.3 is 4.57 Å². The molecule has 0 aliphatic carbocycles. The fourth-order valence-corrected chi connectivity index (χ4v) is 2.02. The van der Waals surface area contributed by atoms with Crippen LogP contribution < -0.4 is 5.56 Å². The fourth-order valence-electron chi connectivity index (χ4n) is 2.02. The van der Waals surface area contributed by atoms with Crippen molar-refractivity contribution >= 4 is 10.8 Å². The lowest BCUT2D eigenvalue weighted by atomic mass is 10.0. The maximum Gasteiger partial charge on any atom is 0.258 e. The monoisotopic (exact) mass is 239 g/mol. The third-order valence-electron chi connectivity index (χ3n) is 2.91.